The summed E-state index contributed by atoms with van der Waals surface area (Å²) in [6.45, 7) is 17.4. The van der Waals surface area contributed by atoms with Gasteiger partial charge in [-0.05, 0) is 51.2 Å². The van der Waals surface area contributed by atoms with Crippen LogP contribution in [-0.4, -0.2) is 33.9 Å². The highest BCUT2D eigenvalue weighted by Gasteiger charge is 2.38. The molecule has 0 aromatic heterocycles. The zero-order valence-electron chi connectivity index (χ0n) is 13.7. The van der Waals surface area contributed by atoms with Gasteiger partial charge in [-0.25, -0.2) is 0 Å². The van der Waals surface area contributed by atoms with Crippen LogP contribution in [0.4, 0.5) is 0 Å². The second-order valence-electron chi connectivity index (χ2n) is 7.48. The van der Waals surface area contributed by atoms with E-state index in [-0.39, 0.29) is 5.04 Å². The molecular weight excluding hydrogens is 259 g/mol. The Bertz CT molecular complexity index is 289. The molecular formula is C14H33O2PSi. The summed E-state index contributed by atoms with van der Waals surface area (Å²) in [5, 5.41) is 0.282. The van der Waals surface area contributed by atoms with Crippen LogP contribution in [0.3, 0.4) is 0 Å². The van der Waals surface area contributed by atoms with Gasteiger partial charge in [0.05, 0.1) is 7.14 Å². The Kier molecular flexibility index (Phi) is 6.87. The highest BCUT2D eigenvalue weighted by atomic mass is 31.2. The lowest BCUT2D eigenvalue weighted by molar-refractivity contribution is 0.186. The lowest BCUT2D eigenvalue weighted by Crippen LogP contribution is -2.43. The highest BCUT2D eigenvalue weighted by Crippen LogP contribution is 2.38. The maximum atomic E-state index is 11.6. The molecule has 110 valence electrons. The van der Waals surface area contributed by atoms with Gasteiger partial charge in [-0.15, -0.1) is 0 Å². The smallest absolute Gasteiger partial charge is 0.192 e. The van der Waals surface area contributed by atoms with Crippen molar-refractivity contribution in [3.8, 4) is 0 Å². The largest absolute Gasteiger partial charge is 0.414 e. The first-order valence-corrected chi connectivity index (χ1v) is 12.8. The molecule has 18 heavy (non-hydrogen) atoms. The van der Waals surface area contributed by atoms with E-state index in [4.69, 9.17) is 4.43 Å². The van der Waals surface area contributed by atoms with Gasteiger partial charge in [0.25, 0.3) is 0 Å². The Morgan fingerprint density at radius 2 is 1.67 bits per heavy atom. The minimum absolute atomic E-state index is 0.282. The first-order valence-electron chi connectivity index (χ1n) is 7.07. The Morgan fingerprint density at radius 3 is 2.06 bits per heavy atom. The summed E-state index contributed by atoms with van der Waals surface area (Å²) in [4.78, 5) is 0. The van der Waals surface area contributed by atoms with Crippen LogP contribution in [0.15, 0.2) is 0 Å². The first-order chi connectivity index (χ1) is 7.85. The van der Waals surface area contributed by atoms with Gasteiger partial charge in [0.2, 0.25) is 0 Å². The van der Waals surface area contributed by atoms with Crippen molar-refractivity contribution in [2.45, 2.75) is 71.2 Å². The van der Waals surface area contributed by atoms with Crippen LogP contribution in [0.2, 0.25) is 18.1 Å². The molecule has 0 radical (unpaired) electrons. The fourth-order valence-electron chi connectivity index (χ4n) is 1.66. The van der Waals surface area contributed by atoms with E-state index in [1.165, 1.54) is 0 Å². The molecule has 0 saturated carbocycles. The molecule has 0 amide bonds. The molecule has 0 heterocycles. The molecule has 4 heteroatoms. The van der Waals surface area contributed by atoms with Crippen LogP contribution in [-0.2, 0) is 8.99 Å². The molecule has 0 unspecified atom stereocenters. The Morgan fingerprint density at radius 1 is 1.17 bits per heavy atom. The predicted octanol–water partition coefficient (Wildman–Crippen LogP) is 5.19. The fourth-order valence-corrected chi connectivity index (χ4v) is 4.13. The van der Waals surface area contributed by atoms with Crippen LogP contribution in [0.1, 0.15) is 47.0 Å². The zero-order valence-corrected chi connectivity index (χ0v) is 15.6. The minimum atomic E-state index is -1.83. The molecule has 0 aliphatic carbocycles. The van der Waals surface area contributed by atoms with Gasteiger partial charge in [-0.2, -0.15) is 0 Å². The van der Waals surface area contributed by atoms with Crippen LogP contribution >= 0.6 is 7.14 Å². The van der Waals surface area contributed by atoms with E-state index in [0.717, 1.165) is 25.4 Å². The summed E-state index contributed by atoms with van der Waals surface area (Å²) in [6, 6.07) is 0. The average molecular weight is 292 g/mol. The molecule has 0 N–H and O–H groups in total. The fraction of sp³-hybridized carbons (Fsp3) is 1.00. The second-order valence-corrected chi connectivity index (χ2v) is 15.8. The van der Waals surface area contributed by atoms with E-state index < -0.39 is 15.5 Å². The third-order valence-electron chi connectivity index (χ3n) is 3.86. The maximum absolute atomic E-state index is 11.6. The van der Waals surface area contributed by atoms with Gasteiger partial charge < -0.3 is 8.99 Å². The van der Waals surface area contributed by atoms with Gasteiger partial charge in [-0.1, -0.05) is 27.2 Å². The maximum Gasteiger partial charge on any atom is 0.192 e. The van der Waals surface area contributed by atoms with Crippen LogP contribution in [0, 0.1) is 0 Å². The molecule has 0 aliphatic heterocycles. The standard InChI is InChI=1S/C14H33O2PSi/c1-13(11-9-10-12-17(5,6)15)16-18(7,8)14(2,3)4/h13H,9-12H2,1-8H3/t13-/m0/s1. The number of hydrogen-bond acceptors (Lipinski definition) is 2. The molecule has 2 nitrogen and oxygen atoms in total. The molecule has 0 saturated heterocycles. The lowest BCUT2D eigenvalue weighted by atomic mass is 10.2. The SMILES string of the molecule is C[C@@H](CCCCP(C)(C)=O)O[Si](C)(C)C(C)(C)C. The molecule has 0 aromatic carbocycles. The third kappa shape index (κ3) is 7.76. The van der Waals surface area contributed by atoms with Crippen LogP contribution < -0.4 is 0 Å². The second kappa shape index (κ2) is 6.72. The van der Waals surface area contributed by atoms with Gasteiger partial charge in [0.1, 0.15) is 0 Å². The number of hydrogen-bond donors (Lipinski definition) is 0. The van der Waals surface area contributed by atoms with Crippen molar-refractivity contribution in [2.75, 3.05) is 19.5 Å². The molecule has 0 bridgehead atoms. The monoisotopic (exact) mass is 292 g/mol. The normalized spacial score (nSPS) is 15.8. The van der Waals surface area contributed by atoms with Crippen molar-refractivity contribution in [2.24, 2.45) is 0 Å². The van der Waals surface area contributed by atoms with E-state index in [2.05, 4.69) is 40.8 Å². The molecule has 1 atom stereocenters. The quantitative estimate of drug-likeness (QED) is 0.367. The summed E-state index contributed by atoms with van der Waals surface area (Å²) in [6.07, 6.45) is 4.49. The van der Waals surface area contributed by atoms with Gasteiger partial charge in [-0.3, -0.25) is 0 Å². The minimum Gasteiger partial charge on any atom is -0.414 e. The Labute approximate surface area is 115 Å². The summed E-state index contributed by atoms with van der Waals surface area (Å²) >= 11 is 0. The van der Waals surface area contributed by atoms with Crippen molar-refractivity contribution in [3.05, 3.63) is 0 Å². The van der Waals surface area contributed by atoms with Crippen molar-refractivity contribution in [1.29, 1.82) is 0 Å². The van der Waals surface area contributed by atoms with E-state index in [0.29, 0.717) is 6.10 Å². The summed E-state index contributed by atoms with van der Waals surface area (Å²) < 4.78 is 17.9. The average Bonchev–Trinajstić information content (AvgIpc) is 2.08. The van der Waals surface area contributed by atoms with E-state index in [1.54, 1.807) is 0 Å². The lowest BCUT2D eigenvalue weighted by Gasteiger charge is -2.38. The summed E-state index contributed by atoms with van der Waals surface area (Å²) in [7, 11) is -3.44. The third-order valence-corrected chi connectivity index (χ3v) is 9.86. The van der Waals surface area contributed by atoms with Crippen molar-refractivity contribution >= 4 is 15.5 Å². The molecule has 0 aromatic rings. The Balaban J connectivity index is 3.99. The summed E-state index contributed by atoms with van der Waals surface area (Å²) in [5.41, 5.74) is 0. The molecule has 0 spiro atoms. The highest BCUT2D eigenvalue weighted by molar-refractivity contribution is 7.62. The van der Waals surface area contributed by atoms with Crippen molar-refractivity contribution in [1.82, 2.24) is 0 Å². The topological polar surface area (TPSA) is 26.3 Å². The molecule has 0 fully saturated rings. The zero-order chi connectivity index (χ0) is 14.6. The van der Waals surface area contributed by atoms with E-state index in [1.807, 2.05) is 13.3 Å². The van der Waals surface area contributed by atoms with Gasteiger partial charge in [0, 0.05) is 12.3 Å². The van der Waals surface area contributed by atoms with Crippen molar-refractivity contribution in [3.63, 3.8) is 0 Å². The number of unbranched alkanes of at least 4 members (excludes halogenated alkanes) is 1. The summed E-state index contributed by atoms with van der Waals surface area (Å²) in [5.74, 6) is 0. The molecule has 0 aliphatic rings. The van der Waals surface area contributed by atoms with Crippen LogP contribution in [0.25, 0.3) is 0 Å². The number of rotatable bonds is 7. The van der Waals surface area contributed by atoms with E-state index >= 15 is 0 Å². The van der Waals surface area contributed by atoms with E-state index in [9.17, 15) is 4.57 Å². The van der Waals surface area contributed by atoms with Crippen LogP contribution in [0.5, 0.6) is 0 Å². The first kappa shape index (κ1) is 18.4. The predicted molar refractivity (Wildman–Crippen MR) is 85.9 cm³/mol. The van der Waals surface area contributed by atoms with Crippen molar-refractivity contribution < 1.29 is 8.99 Å². The Hall–Kier alpha value is 0.407. The van der Waals surface area contributed by atoms with Gasteiger partial charge in [0.15, 0.2) is 8.32 Å². The molecule has 0 rings (SSSR count). The van der Waals surface area contributed by atoms with Gasteiger partial charge >= 0.3 is 0 Å².